The van der Waals surface area contributed by atoms with Gasteiger partial charge in [0.15, 0.2) is 0 Å². The molecule has 0 fully saturated rings. The summed E-state index contributed by atoms with van der Waals surface area (Å²) < 4.78 is 30.8. The SMILES string of the molecule is COc1ccc(Br)c(CC(NN)C(F)F)c1. The lowest BCUT2D eigenvalue weighted by Crippen LogP contribution is -2.42. The van der Waals surface area contributed by atoms with E-state index in [9.17, 15) is 8.78 Å². The van der Waals surface area contributed by atoms with Crippen LogP contribution in [-0.4, -0.2) is 19.6 Å². The molecule has 0 aliphatic rings. The highest BCUT2D eigenvalue weighted by Crippen LogP contribution is 2.24. The zero-order valence-electron chi connectivity index (χ0n) is 8.71. The maximum absolute atomic E-state index is 12.5. The number of methoxy groups -OCH3 is 1. The van der Waals surface area contributed by atoms with E-state index in [1.807, 2.05) is 0 Å². The van der Waals surface area contributed by atoms with Gasteiger partial charge in [0.25, 0.3) is 6.43 Å². The average Bonchev–Trinajstić information content (AvgIpc) is 2.27. The Morgan fingerprint density at radius 1 is 1.50 bits per heavy atom. The van der Waals surface area contributed by atoms with Crippen molar-refractivity contribution >= 4 is 15.9 Å². The molecule has 0 aliphatic heterocycles. The Morgan fingerprint density at radius 3 is 2.69 bits per heavy atom. The Morgan fingerprint density at radius 2 is 2.19 bits per heavy atom. The summed E-state index contributed by atoms with van der Waals surface area (Å²) in [6.45, 7) is 0. The van der Waals surface area contributed by atoms with Crippen molar-refractivity contribution in [1.82, 2.24) is 5.43 Å². The molecule has 1 unspecified atom stereocenters. The van der Waals surface area contributed by atoms with Crippen molar-refractivity contribution in [2.45, 2.75) is 18.9 Å². The maximum atomic E-state index is 12.5. The predicted molar refractivity (Wildman–Crippen MR) is 61.5 cm³/mol. The number of halogens is 3. The van der Waals surface area contributed by atoms with Gasteiger partial charge in [0.05, 0.1) is 13.2 Å². The van der Waals surface area contributed by atoms with Gasteiger partial charge in [-0.1, -0.05) is 15.9 Å². The van der Waals surface area contributed by atoms with E-state index in [2.05, 4.69) is 21.4 Å². The summed E-state index contributed by atoms with van der Waals surface area (Å²) >= 11 is 3.30. The third-order valence-electron chi connectivity index (χ3n) is 2.21. The molecule has 0 bridgehead atoms. The molecule has 3 N–H and O–H groups in total. The number of nitrogens with one attached hydrogen (secondary N) is 1. The lowest BCUT2D eigenvalue weighted by molar-refractivity contribution is 0.0983. The number of hydrogen-bond donors (Lipinski definition) is 2. The Kier molecular flexibility index (Phi) is 5.11. The van der Waals surface area contributed by atoms with Crippen LogP contribution < -0.4 is 16.0 Å². The van der Waals surface area contributed by atoms with Crippen molar-refractivity contribution in [2.24, 2.45) is 5.84 Å². The number of ether oxygens (including phenoxy) is 1. The van der Waals surface area contributed by atoms with Crippen LogP contribution >= 0.6 is 15.9 Å². The van der Waals surface area contributed by atoms with Crippen molar-refractivity contribution < 1.29 is 13.5 Å². The van der Waals surface area contributed by atoms with Gasteiger partial charge in [0, 0.05) is 4.47 Å². The second kappa shape index (κ2) is 6.12. The number of benzene rings is 1. The van der Waals surface area contributed by atoms with Crippen molar-refractivity contribution in [3.63, 3.8) is 0 Å². The highest BCUT2D eigenvalue weighted by molar-refractivity contribution is 9.10. The molecule has 1 atom stereocenters. The normalized spacial score (nSPS) is 12.9. The second-order valence-electron chi connectivity index (χ2n) is 3.27. The molecule has 0 aliphatic carbocycles. The first kappa shape index (κ1) is 13.3. The first-order valence-corrected chi connectivity index (χ1v) is 5.44. The quantitative estimate of drug-likeness (QED) is 0.646. The summed E-state index contributed by atoms with van der Waals surface area (Å²) in [5, 5.41) is 0. The molecule has 0 aromatic heterocycles. The van der Waals surface area contributed by atoms with E-state index in [0.717, 1.165) is 10.0 Å². The van der Waals surface area contributed by atoms with Gasteiger partial charge in [0.1, 0.15) is 5.75 Å². The first-order chi connectivity index (χ1) is 7.58. The molecule has 0 saturated carbocycles. The van der Waals surface area contributed by atoms with E-state index < -0.39 is 12.5 Å². The Labute approximate surface area is 101 Å². The fourth-order valence-corrected chi connectivity index (χ4v) is 1.70. The molecule has 90 valence electrons. The Balaban J connectivity index is 2.86. The van der Waals surface area contributed by atoms with E-state index >= 15 is 0 Å². The second-order valence-corrected chi connectivity index (χ2v) is 4.12. The highest BCUT2D eigenvalue weighted by Gasteiger charge is 2.20. The van der Waals surface area contributed by atoms with Crippen LogP contribution in [0.3, 0.4) is 0 Å². The summed E-state index contributed by atoms with van der Waals surface area (Å²) in [5.41, 5.74) is 2.83. The first-order valence-electron chi connectivity index (χ1n) is 4.65. The van der Waals surface area contributed by atoms with Crippen LogP contribution in [0.5, 0.6) is 5.75 Å². The molecule has 1 rings (SSSR count). The minimum Gasteiger partial charge on any atom is -0.497 e. The molecular formula is C10H13BrF2N2O. The molecule has 0 heterocycles. The van der Waals surface area contributed by atoms with E-state index in [1.54, 1.807) is 18.2 Å². The highest BCUT2D eigenvalue weighted by atomic mass is 79.9. The number of rotatable bonds is 5. The number of hydrogen-bond acceptors (Lipinski definition) is 3. The van der Waals surface area contributed by atoms with Crippen LogP contribution in [0, 0.1) is 0 Å². The van der Waals surface area contributed by atoms with E-state index in [0.29, 0.717) is 5.75 Å². The molecule has 16 heavy (non-hydrogen) atoms. The molecule has 3 nitrogen and oxygen atoms in total. The molecule has 0 saturated heterocycles. The molecule has 1 aromatic carbocycles. The number of nitrogens with two attached hydrogens (primary N) is 1. The molecular weight excluding hydrogens is 282 g/mol. The van der Waals surface area contributed by atoms with Crippen molar-refractivity contribution in [2.75, 3.05) is 7.11 Å². The summed E-state index contributed by atoms with van der Waals surface area (Å²) in [6.07, 6.45) is -2.38. The summed E-state index contributed by atoms with van der Waals surface area (Å²) in [6, 6.07) is 4.15. The van der Waals surface area contributed by atoms with Crippen LogP contribution in [0.1, 0.15) is 5.56 Å². The van der Waals surface area contributed by atoms with Gasteiger partial charge >= 0.3 is 0 Å². The maximum Gasteiger partial charge on any atom is 0.255 e. The molecule has 6 heteroatoms. The number of hydrazine groups is 1. The average molecular weight is 295 g/mol. The van der Waals surface area contributed by atoms with E-state index in [-0.39, 0.29) is 6.42 Å². The van der Waals surface area contributed by atoms with Crippen LogP contribution in [0.25, 0.3) is 0 Å². The zero-order valence-corrected chi connectivity index (χ0v) is 10.3. The van der Waals surface area contributed by atoms with Gasteiger partial charge in [-0.25, -0.2) is 8.78 Å². The van der Waals surface area contributed by atoms with Gasteiger partial charge in [0.2, 0.25) is 0 Å². The Bertz CT molecular complexity index is 350. The minimum atomic E-state index is -2.51. The third kappa shape index (κ3) is 3.40. The molecule has 0 amide bonds. The molecule has 0 radical (unpaired) electrons. The van der Waals surface area contributed by atoms with Crippen molar-refractivity contribution in [1.29, 1.82) is 0 Å². The minimum absolute atomic E-state index is 0.131. The fourth-order valence-electron chi connectivity index (χ4n) is 1.29. The third-order valence-corrected chi connectivity index (χ3v) is 2.98. The van der Waals surface area contributed by atoms with Crippen LogP contribution in [0.2, 0.25) is 0 Å². The number of alkyl halides is 2. The fraction of sp³-hybridized carbons (Fsp3) is 0.400. The van der Waals surface area contributed by atoms with Crippen LogP contribution in [0.4, 0.5) is 8.78 Å². The van der Waals surface area contributed by atoms with Gasteiger partial charge in [-0.2, -0.15) is 0 Å². The molecule has 0 spiro atoms. The van der Waals surface area contributed by atoms with Gasteiger partial charge in [-0.15, -0.1) is 0 Å². The standard InChI is InChI=1S/C10H13BrF2N2O/c1-16-7-2-3-8(11)6(4-7)5-9(15-14)10(12)13/h2-4,9-10,15H,5,14H2,1H3. The molecule has 1 aromatic rings. The smallest absolute Gasteiger partial charge is 0.255 e. The summed E-state index contributed by atoms with van der Waals surface area (Å²) in [7, 11) is 1.53. The van der Waals surface area contributed by atoms with Gasteiger partial charge < -0.3 is 4.74 Å². The lowest BCUT2D eigenvalue weighted by Gasteiger charge is -2.16. The van der Waals surface area contributed by atoms with Crippen LogP contribution in [-0.2, 0) is 6.42 Å². The predicted octanol–water partition coefficient (Wildman–Crippen LogP) is 2.10. The summed E-state index contributed by atoms with van der Waals surface area (Å²) in [4.78, 5) is 0. The summed E-state index contributed by atoms with van der Waals surface area (Å²) in [5.74, 6) is 5.69. The zero-order chi connectivity index (χ0) is 12.1. The van der Waals surface area contributed by atoms with Crippen LogP contribution in [0.15, 0.2) is 22.7 Å². The van der Waals surface area contributed by atoms with E-state index in [1.165, 1.54) is 7.11 Å². The lowest BCUT2D eigenvalue weighted by atomic mass is 10.1. The Hall–Kier alpha value is -0.720. The van der Waals surface area contributed by atoms with Gasteiger partial charge in [-0.3, -0.25) is 11.3 Å². The topological polar surface area (TPSA) is 47.3 Å². The van der Waals surface area contributed by atoms with Crippen molar-refractivity contribution in [3.8, 4) is 5.75 Å². The van der Waals surface area contributed by atoms with Crippen molar-refractivity contribution in [3.05, 3.63) is 28.2 Å². The van der Waals surface area contributed by atoms with Gasteiger partial charge in [-0.05, 0) is 30.2 Å². The largest absolute Gasteiger partial charge is 0.497 e. The van der Waals surface area contributed by atoms with E-state index in [4.69, 9.17) is 10.6 Å². The monoisotopic (exact) mass is 294 g/mol.